The lowest BCUT2D eigenvalue weighted by Crippen LogP contribution is -2.34. The first-order valence-electron chi connectivity index (χ1n) is 21.7. The molecule has 12 heteroatoms. The fourth-order valence-electron chi connectivity index (χ4n) is 8.71. The molecule has 0 atom stereocenters. The van der Waals surface area contributed by atoms with E-state index in [2.05, 4.69) is 107 Å². The number of hydrogen-bond acceptors (Lipinski definition) is 10. The van der Waals surface area contributed by atoms with Gasteiger partial charge in [0.2, 0.25) is 33.4 Å². The largest absolute Gasteiger partial charge is 0.399 e. The molecule has 8 aromatic rings. The van der Waals surface area contributed by atoms with E-state index >= 15 is 0 Å². The van der Waals surface area contributed by atoms with Crippen molar-refractivity contribution in [1.29, 1.82) is 0 Å². The Kier molecular flexibility index (Phi) is 11.7. The number of anilines is 8. The molecule has 8 rings (SSSR count). The summed E-state index contributed by atoms with van der Waals surface area (Å²) in [5, 5.41) is 14.1. The topological polar surface area (TPSA) is 186 Å². The number of benzene rings is 6. The van der Waals surface area contributed by atoms with Gasteiger partial charge in [-0.15, -0.1) is 9.13 Å². The minimum Gasteiger partial charge on any atom is -0.399 e. The van der Waals surface area contributed by atoms with Crippen molar-refractivity contribution in [2.45, 2.75) is 66.2 Å². The van der Waals surface area contributed by atoms with E-state index in [1.165, 1.54) is 25.7 Å². The monoisotopic (exact) mass is 829 g/mol. The smallest absolute Gasteiger partial charge is 0.239 e. The molecule has 0 aliphatic rings. The van der Waals surface area contributed by atoms with Crippen LogP contribution in [-0.4, -0.2) is 37.2 Å². The van der Waals surface area contributed by atoms with Crippen LogP contribution in [0.15, 0.2) is 84.9 Å². The molecular weight excluding hydrogens is 769 g/mol. The van der Waals surface area contributed by atoms with E-state index in [0.29, 0.717) is 22.7 Å². The number of unbranched alkanes of at least 4 members (excludes halogenated alkanes) is 5. The number of hydrogen-bond donors (Lipinski definition) is 8. The molecule has 0 unspecified atom stereocenters. The van der Waals surface area contributed by atoms with Crippen LogP contribution in [0.4, 0.5) is 45.5 Å². The third kappa shape index (κ3) is 8.20. The number of rotatable bonds is 15. The Morgan fingerprint density at radius 1 is 0.419 bits per heavy atom. The highest BCUT2D eigenvalue weighted by Crippen LogP contribution is 2.31. The lowest BCUT2D eigenvalue weighted by atomic mass is 10.1. The van der Waals surface area contributed by atoms with Gasteiger partial charge in [-0.2, -0.15) is 0 Å². The molecule has 0 bridgehead atoms. The Bertz CT molecular complexity index is 2790. The normalized spacial score (nSPS) is 11.5. The number of aryl methyl sites for hydroxylation is 4. The number of nitrogen functional groups attached to an aromatic ring is 4. The van der Waals surface area contributed by atoms with Crippen molar-refractivity contribution < 1.29 is 9.13 Å². The molecule has 0 radical (unpaired) electrons. The summed E-state index contributed by atoms with van der Waals surface area (Å²) in [7, 11) is 3.88. The Balaban J connectivity index is 0.900. The first-order chi connectivity index (χ1) is 29.9. The summed E-state index contributed by atoms with van der Waals surface area (Å²) >= 11 is 0. The fourth-order valence-corrected chi connectivity index (χ4v) is 8.71. The molecule has 0 saturated heterocycles. The average molecular weight is 829 g/mol. The Hall–Kier alpha value is -7.08. The summed E-state index contributed by atoms with van der Waals surface area (Å²) in [4.78, 5) is 10.2. The molecule has 62 heavy (non-hydrogen) atoms. The predicted molar refractivity (Wildman–Crippen MR) is 262 cm³/mol. The zero-order chi connectivity index (χ0) is 43.7. The molecule has 12 N–H and O–H groups in total. The summed E-state index contributed by atoms with van der Waals surface area (Å²) in [6.45, 7) is 10.3. The van der Waals surface area contributed by atoms with Crippen molar-refractivity contribution >= 4 is 89.6 Å². The van der Waals surface area contributed by atoms with Crippen molar-refractivity contribution in [1.82, 2.24) is 9.97 Å². The van der Waals surface area contributed by atoms with Crippen molar-refractivity contribution in [3.63, 3.8) is 0 Å². The van der Waals surface area contributed by atoms with E-state index in [-0.39, 0.29) is 0 Å². The molecule has 0 amide bonds. The maximum atomic E-state index is 6.61. The highest BCUT2D eigenvalue weighted by atomic mass is 15.0. The number of fused-ring (bicyclic) bond motifs is 4. The number of nitrogens with two attached hydrogens (primary N) is 4. The molecule has 0 fully saturated rings. The SMILES string of the molecule is CNc1cc2c(cc1C)nc1cc(C)c(NCCCCCCCCNc3cc4c(cc3C)nc3cc(C)c(NC)cc3[n+]4-c3ccc(N)cc3N)cc1[n+]2-c1ccc(N)cc1N. The third-order valence-corrected chi connectivity index (χ3v) is 12.1. The molecule has 6 aromatic carbocycles. The predicted octanol–water partition coefficient (Wildman–Crippen LogP) is 9.15. The van der Waals surface area contributed by atoms with Crippen LogP contribution in [-0.2, 0) is 0 Å². The minimum atomic E-state index is 0.615. The quantitative estimate of drug-likeness (QED) is 0.0214. The van der Waals surface area contributed by atoms with E-state index in [1.807, 2.05) is 50.5 Å². The van der Waals surface area contributed by atoms with Crippen molar-refractivity contribution in [2.75, 3.05) is 71.4 Å². The van der Waals surface area contributed by atoms with Crippen molar-refractivity contribution in [2.24, 2.45) is 0 Å². The van der Waals surface area contributed by atoms with Gasteiger partial charge in [-0.1, -0.05) is 25.7 Å². The van der Waals surface area contributed by atoms with Crippen LogP contribution in [0.2, 0.25) is 0 Å². The summed E-state index contributed by atoms with van der Waals surface area (Å²) in [5.41, 5.74) is 46.1. The second-order valence-corrected chi connectivity index (χ2v) is 16.6. The van der Waals surface area contributed by atoms with E-state index in [4.69, 9.17) is 32.9 Å². The maximum Gasteiger partial charge on any atom is 0.239 e. The first kappa shape index (κ1) is 41.6. The van der Waals surface area contributed by atoms with Crippen molar-refractivity contribution in [3.8, 4) is 11.4 Å². The number of nitrogens with one attached hydrogen (secondary N) is 4. The summed E-state index contributed by atoms with van der Waals surface area (Å²) in [6, 6.07) is 28.7. The van der Waals surface area contributed by atoms with Gasteiger partial charge in [0.1, 0.15) is 33.4 Å². The maximum absolute atomic E-state index is 6.61. The van der Waals surface area contributed by atoms with Crippen LogP contribution in [0.1, 0.15) is 60.8 Å². The van der Waals surface area contributed by atoms with Gasteiger partial charge in [0.25, 0.3) is 0 Å². The zero-order valence-corrected chi connectivity index (χ0v) is 36.8. The fraction of sp³-hybridized carbons (Fsp3) is 0.280. The Labute approximate surface area is 363 Å². The lowest BCUT2D eigenvalue weighted by Gasteiger charge is -2.14. The highest BCUT2D eigenvalue weighted by Gasteiger charge is 2.26. The summed E-state index contributed by atoms with van der Waals surface area (Å²) < 4.78 is 4.42. The van der Waals surface area contributed by atoms with E-state index in [0.717, 1.165) is 126 Å². The summed E-state index contributed by atoms with van der Waals surface area (Å²) in [6.07, 6.45) is 6.91. The highest BCUT2D eigenvalue weighted by molar-refractivity contribution is 5.90. The number of nitrogens with zero attached hydrogens (tertiary/aromatic N) is 4. The second kappa shape index (κ2) is 17.5. The van der Waals surface area contributed by atoms with Crippen molar-refractivity contribution in [3.05, 3.63) is 107 Å². The zero-order valence-electron chi connectivity index (χ0n) is 36.8. The number of aromatic nitrogens is 4. The van der Waals surface area contributed by atoms with Crippen LogP contribution in [0.5, 0.6) is 0 Å². The van der Waals surface area contributed by atoms with Crippen LogP contribution >= 0.6 is 0 Å². The standard InChI is InChI=1S/C50H58N12/c1-29-19-41-47(25-37(29)55-5)61(45-15-13-33(51)23-35(45)53)49-27-39(31(3)21-43(49)59-41)57-17-11-9-7-8-10-12-18-58-40-28-50-44(22-32(40)4)60-42-20-30(2)38(56-6)26-48(42)62(50)46-16-14-34(52)24-36(46)54/h13-16,19-28H,7-12,17-18,51-54H2,1-6H3,(H2,55,56,57,58)/p+2. The van der Waals surface area contributed by atoms with E-state index < -0.39 is 0 Å². The van der Waals surface area contributed by atoms with Gasteiger partial charge < -0.3 is 44.2 Å². The first-order valence-corrected chi connectivity index (χ1v) is 21.7. The molecule has 0 aliphatic carbocycles. The minimum absolute atomic E-state index is 0.615. The molecule has 2 heterocycles. The molecule has 12 nitrogen and oxygen atoms in total. The van der Waals surface area contributed by atoms with Gasteiger partial charge in [-0.25, -0.2) is 9.97 Å². The summed E-state index contributed by atoms with van der Waals surface area (Å²) in [5.74, 6) is 0. The Morgan fingerprint density at radius 2 is 0.742 bits per heavy atom. The van der Waals surface area contributed by atoms with Gasteiger partial charge in [-0.05, 0) is 111 Å². The van der Waals surface area contributed by atoms with E-state index in [9.17, 15) is 0 Å². The van der Waals surface area contributed by atoms with Crippen LogP contribution in [0, 0.1) is 27.7 Å². The van der Waals surface area contributed by atoms with Gasteiger partial charge in [0.05, 0.1) is 0 Å². The lowest BCUT2D eigenvalue weighted by molar-refractivity contribution is -0.537. The Morgan fingerprint density at radius 3 is 1.08 bits per heavy atom. The van der Waals surface area contributed by atoms with Crippen LogP contribution < -0.4 is 53.3 Å². The van der Waals surface area contributed by atoms with E-state index in [1.54, 1.807) is 0 Å². The molecule has 2 aromatic heterocycles. The average Bonchev–Trinajstić information content (AvgIpc) is 3.23. The molecule has 0 saturated carbocycles. The molecule has 0 spiro atoms. The van der Waals surface area contributed by atoms with Gasteiger partial charge in [-0.3, -0.25) is 0 Å². The van der Waals surface area contributed by atoms with Crippen LogP contribution in [0.25, 0.3) is 55.5 Å². The van der Waals surface area contributed by atoms with Gasteiger partial charge >= 0.3 is 0 Å². The van der Waals surface area contributed by atoms with Crippen LogP contribution in [0.3, 0.4) is 0 Å². The molecule has 318 valence electrons. The molecule has 0 aliphatic heterocycles. The van der Waals surface area contributed by atoms with Gasteiger partial charge in [0, 0.05) is 97.7 Å². The molecular formula is C50H60N12+2. The third-order valence-electron chi connectivity index (χ3n) is 12.1. The van der Waals surface area contributed by atoms with Gasteiger partial charge in [0.15, 0.2) is 0 Å². The second-order valence-electron chi connectivity index (χ2n) is 16.6.